The van der Waals surface area contributed by atoms with Crippen molar-refractivity contribution in [3.8, 4) is 11.5 Å². The molecule has 1 aliphatic heterocycles. The molecule has 2 aromatic carbocycles. The van der Waals surface area contributed by atoms with E-state index in [0.717, 1.165) is 0 Å². The largest absolute Gasteiger partial charge is 0.469 e. The van der Waals surface area contributed by atoms with Gasteiger partial charge in [-0.3, -0.25) is 9.59 Å². The summed E-state index contributed by atoms with van der Waals surface area (Å²) in [5.41, 5.74) is 4.25. The number of aliphatic hydroxyl groups is 1. The average Bonchev–Trinajstić information content (AvgIpc) is 2.61. The molecule has 1 unspecified atom stereocenters. The lowest BCUT2D eigenvalue weighted by Crippen LogP contribution is -2.43. The minimum absolute atomic E-state index is 0.104. The fourth-order valence-corrected chi connectivity index (χ4v) is 2.84. The Morgan fingerprint density at radius 3 is 2.56 bits per heavy atom. The summed E-state index contributed by atoms with van der Waals surface area (Å²) in [6, 6.07) is 11.4. The summed E-state index contributed by atoms with van der Waals surface area (Å²) in [6.07, 6.45) is -0.126. The minimum Gasteiger partial charge on any atom is -0.469 e. The lowest BCUT2D eigenvalue weighted by atomic mass is 9.83. The third kappa shape index (κ3) is 2.78. The van der Waals surface area contributed by atoms with Crippen molar-refractivity contribution in [2.45, 2.75) is 12.0 Å². The van der Waals surface area contributed by atoms with E-state index in [0.29, 0.717) is 16.9 Å². The van der Waals surface area contributed by atoms with Crippen LogP contribution in [-0.2, 0) is 26.3 Å². The summed E-state index contributed by atoms with van der Waals surface area (Å²) in [5.74, 6) is -0.840. The second kappa shape index (κ2) is 6.45. The number of hydrogen-bond donors (Lipinski definition) is 2. The maximum Gasteiger partial charge on any atom is 0.310 e. The van der Waals surface area contributed by atoms with Gasteiger partial charge >= 0.3 is 5.97 Å². The molecule has 0 aliphatic carbocycles. The first kappa shape index (κ1) is 16.8. The van der Waals surface area contributed by atoms with Gasteiger partial charge in [-0.15, -0.1) is 0 Å². The molecule has 25 heavy (non-hydrogen) atoms. The van der Waals surface area contributed by atoms with Crippen molar-refractivity contribution in [3.05, 3.63) is 59.2 Å². The van der Waals surface area contributed by atoms with Crippen molar-refractivity contribution in [2.75, 3.05) is 13.9 Å². The molecule has 1 atom stereocenters. The maximum atomic E-state index is 12.2. The highest BCUT2D eigenvalue weighted by Gasteiger charge is 2.42. The Hall–Kier alpha value is -3.06. The van der Waals surface area contributed by atoms with Gasteiger partial charge in [0.25, 0.3) is 5.91 Å². The summed E-state index contributed by atoms with van der Waals surface area (Å²) in [6.45, 7) is -0.104. The van der Waals surface area contributed by atoms with E-state index < -0.39 is 17.5 Å². The van der Waals surface area contributed by atoms with E-state index in [1.165, 1.54) is 13.2 Å². The van der Waals surface area contributed by atoms with Crippen LogP contribution in [-0.4, -0.2) is 30.9 Å². The lowest BCUT2D eigenvalue weighted by Gasteiger charge is -2.31. The molecule has 3 N–H and O–H groups in total. The number of carbonyl (C=O) groups excluding carboxylic acids is 2. The van der Waals surface area contributed by atoms with Gasteiger partial charge in [0.05, 0.1) is 13.5 Å². The Labute approximate surface area is 143 Å². The number of carbonyl (C=O) groups is 2. The molecule has 0 radical (unpaired) electrons. The Morgan fingerprint density at radius 1 is 1.20 bits per heavy atom. The molecule has 3 rings (SSSR count). The summed E-state index contributed by atoms with van der Waals surface area (Å²) in [5, 5.41) is 11.2. The second-order valence-electron chi connectivity index (χ2n) is 5.52. The SMILES string of the molecule is COC(=O)Cc1c2ccc(C(O)(C(N)=O)c3ccccc3)c1OCO2. The second-order valence-corrected chi connectivity index (χ2v) is 5.52. The van der Waals surface area contributed by atoms with Gasteiger partial charge in [-0.2, -0.15) is 0 Å². The lowest BCUT2D eigenvalue weighted by molar-refractivity contribution is -0.139. The van der Waals surface area contributed by atoms with Crippen LogP contribution in [0.4, 0.5) is 0 Å². The number of ether oxygens (including phenoxy) is 3. The molecule has 2 aromatic rings. The fourth-order valence-electron chi connectivity index (χ4n) is 2.84. The highest BCUT2D eigenvalue weighted by Crippen LogP contribution is 2.43. The van der Waals surface area contributed by atoms with E-state index in [2.05, 4.69) is 4.74 Å². The molecule has 7 nitrogen and oxygen atoms in total. The van der Waals surface area contributed by atoms with Gasteiger partial charge in [0, 0.05) is 11.1 Å². The van der Waals surface area contributed by atoms with Gasteiger partial charge in [-0.05, 0) is 17.7 Å². The molecule has 0 saturated carbocycles. The van der Waals surface area contributed by atoms with Gasteiger partial charge in [-0.25, -0.2) is 0 Å². The summed E-state index contributed by atoms with van der Waals surface area (Å²) in [7, 11) is 1.27. The van der Waals surface area contributed by atoms with Crippen molar-refractivity contribution < 1.29 is 28.9 Å². The van der Waals surface area contributed by atoms with Crippen molar-refractivity contribution in [3.63, 3.8) is 0 Å². The number of fused-ring (bicyclic) bond motifs is 2. The number of nitrogens with two attached hydrogens (primary N) is 1. The van der Waals surface area contributed by atoms with Gasteiger partial charge in [0.1, 0.15) is 11.5 Å². The molecule has 1 aliphatic rings. The Bertz CT molecular complexity index is 820. The zero-order chi connectivity index (χ0) is 18.0. The smallest absolute Gasteiger partial charge is 0.310 e. The summed E-state index contributed by atoms with van der Waals surface area (Å²) in [4.78, 5) is 23.9. The van der Waals surface area contributed by atoms with Crippen LogP contribution in [0.5, 0.6) is 11.5 Å². The van der Waals surface area contributed by atoms with Crippen LogP contribution >= 0.6 is 0 Å². The van der Waals surface area contributed by atoms with Crippen molar-refractivity contribution in [1.29, 1.82) is 0 Å². The maximum absolute atomic E-state index is 12.2. The van der Waals surface area contributed by atoms with Crippen molar-refractivity contribution >= 4 is 11.9 Å². The number of hydrogen-bond acceptors (Lipinski definition) is 6. The van der Waals surface area contributed by atoms with Gasteiger partial charge < -0.3 is 25.1 Å². The first-order valence-corrected chi connectivity index (χ1v) is 7.55. The standard InChI is InChI=1S/C18H17NO6/c1-23-15(20)9-12-14-8-7-13(16(12)25-10-24-14)18(22,17(19)21)11-5-3-2-4-6-11/h2-8,22H,9-10H2,1H3,(H2,19,21). The monoisotopic (exact) mass is 343 g/mol. The van der Waals surface area contributed by atoms with Crippen LogP contribution in [0, 0.1) is 0 Å². The predicted molar refractivity (Wildman–Crippen MR) is 86.9 cm³/mol. The Morgan fingerprint density at radius 2 is 1.92 bits per heavy atom. The predicted octanol–water partition coefficient (Wildman–Crippen LogP) is 0.852. The number of primary amides is 1. The zero-order valence-electron chi connectivity index (χ0n) is 13.5. The number of esters is 1. The third-order valence-corrected chi connectivity index (χ3v) is 4.12. The molecule has 1 heterocycles. The van der Waals surface area contributed by atoms with E-state index in [9.17, 15) is 14.7 Å². The van der Waals surface area contributed by atoms with Crippen molar-refractivity contribution in [1.82, 2.24) is 0 Å². The minimum atomic E-state index is -2.11. The molecular formula is C18H17NO6. The highest BCUT2D eigenvalue weighted by molar-refractivity contribution is 5.90. The number of benzene rings is 2. The molecule has 130 valence electrons. The van der Waals surface area contributed by atoms with Gasteiger partial charge in [-0.1, -0.05) is 30.3 Å². The van der Waals surface area contributed by atoms with Crippen molar-refractivity contribution in [2.24, 2.45) is 5.73 Å². The van der Waals surface area contributed by atoms with Crippen LogP contribution < -0.4 is 15.2 Å². The Balaban J connectivity index is 2.20. The first-order chi connectivity index (χ1) is 12.0. The summed E-state index contributed by atoms with van der Waals surface area (Å²) < 4.78 is 15.6. The number of rotatable bonds is 5. The third-order valence-electron chi connectivity index (χ3n) is 4.12. The van der Waals surface area contributed by atoms with Gasteiger partial charge in [0.15, 0.2) is 5.60 Å². The highest BCUT2D eigenvalue weighted by atomic mass is 16.7. The molecule has 2 bridgehead atoms. The van der Waals surface area contributed by atoms with Crippen LogP contribution in [0.1, 0.15) is 16.7 Å². The van der Waals surface area contributed by atoms with E-state index in [1.54, 1.807) is 36.4 Å². The van der Waals surface area contributed by atoms with E-state index in [1.807, 2.05) is 0 Å². The summed E-state index contributed by atoms with van der Waals surface area (Å²) >= 11 is 0. The number of amides is 1. The molecule has 7 heteroatoms. The van der Waals surface area contributed by atoms with E-state index in [-0.39, 0.29) is 24.5 Å². The molecule has 0 aromatic heterocycles. The van der Waals surface area contributed by atoms with E-state index >= 15 is 0 Å². The first-order valence-electron chi connectivity index (χ1n) is 7.55. The van der Waals surface area contributed by atoms with Crippen LogP contribution in [0.2, 0.25) is 0 Å². The fraction of sp³-hybridized carbons (Fsp3) is 0.222. The normalized spacial score (nSPS) is 14.6. The van der Waals surface area contributed by atoms with Gasteiger partial charge in [0.2, 0.25) is 6.79 Å². The van der Waals surface area contributed by atoms with Crippen LogP contribution in [0.15, 0.2) is 42.5 Å². The quantitative estimate of drug-likeness (QED) is 0.779. The molecule has 0 fully saturated rings. The topological polar surface area (TPSA) is 108 Å². The average molecular weight is 343 g/mol. The molecule has 0 spiro atoms. The Kier molecular flexibility index (Phi) is 4.33. The molecule has 1 amide bonds. The van der Waals surface area contributed by atoms with Crippen LogP contribution in [0.3, 0.4) is 0 Å². The zero-order valence-corrected chi connectivity index (χ0v) is 13.5. The molecule has 0 saturated heterocycles. The molecular weight excluding hydrogens is 326 g/mol. The van der Waals surface area contributed by atoms with E-state index in [4.69, 9.17) is 15.2 Å². The number of methoxy groups -OCH3 is 1. The van der Waals surface area contributed by atoms with Crippen LogP contribution in [0.25, 0.3) is 0 Å².